The predicted octanol–water partition coefficient (Wildman–Crippen LogP) is 3.09. The molecule has 6 heteroatoms. The van der Waals surface area contributed by atoms with Crippen molar-refractivity contribution in [3.8, 4) is 0 Å². The zero-order valence-electron chi connectivity index (χ0n) is 12.1. The largest absolute Gasteiger partial charge is 0.347 e. The Hall–Kier alpha value is -1.43. The van der Waals surface area contributed by atoms with Crippen LogP contribution in [0.15, 0.2) is 29.5 Å². The van der Waals surface area contributed by atoms with Crippen LogP contribution in [0.3, 0.4) is 0 Å². The second-order valence-corrected chi connectivity index (χ2v) is 6.66. The summed E-state index contributed by atoms with van der Waals surface area (Å²) in [6.45, 7) is 1.37. The number of allylic oxidation sites excluding steroid dienone is 1. The minimum absolute atomic E-state index is 0.244. The summed E-state index contributed by atoms with van der Waals surface area (Å²) in [7, 11) is 0. The number of aromatic nitrogens is 3. The van der Waals surface area contributed by atoms with Gasteiger partial charge in [-0.1, -0.05) is 22.7 Å². The molecule has 0 saturated carbocycles. The van der Waals surface area contributed by atoms with Gasteiger partial charge in [-0.3, -0.25) is 0 Å². The van der Waals surface area contributed by atoms with Crippen LogP contribution in [0.4, 0.5) is 0 Å². The van der Waals surface area contributed by atoms with E-state index >= 15 is 0 Å². The van der Waals surface area contributed by atoms with Gasteiger partial charge in [-0.2, -0.15) is 5.10 Å². The van der Waals surface area contributed by atoms with Gasteiger partial charge in [-0.25, -0.2) is 9.50 Å². The molecule has 0 N–H and O–H groups in total. The molecule has 3 heterocycles. The molecule has 3 aliphatic rings. The van der Waals surface area contributed by atoms with Crippen LogP contribution in [0.5, 0.6) is 0 Å². The molecular weight excluding hydrogens is 302 g/mol. The van der Waals surface area contributed by atoms with Crippen molar-refractivity contribution < 1.29 is 9.47 Å². The van der Waals surface area contributed by atoms with Crippen molar-refractivity contribution in [3.05, 3.63) is 40.3 Å². The van der Waals surface area contributed by atoms with Gasteiger partial charge in [0.1, 0.15) is 5.15 Å². The molecule has 1 aliphatic heterocycles. The number of ether oxygens (including phenoxy) is 2. The summed E-state index contributed by atoms with van der Waals surface area (Å²) >= 11 is 6.36. The summed E-state index contributed by atoms with van der Waals surface area (Å²) in [5, 5.41) is 4.78. The first-order chi connectivity index (χ1) is 10.7. The van der Waals surface area contributed by atoms with Gasteiger partial charge in [0.25, 0.3) is 0 Å². The van der Waals surface area contributed by atoms with E-state index in [4.69, 9.17) is 26.1 Å². The Morgan fingerprint density at radius 2 is 2.14 bits per heavy atom. The lowest BCUT2D eigenvalue weighted by molar-refractivity contribution is -0.168. The predicted molar refractivity (Wildman–Crippen MR) is 80.9 cm³/mol. The summed E-state index contributed by atoms with van der Waals surface area (Å²) in [6, 6.07) is 3.82. The minimum Gasteiger partial charge on any atom is -0.347 e. The monoisotopic (exact) mass is 317 g/mol. The third kappa shape index (κ3) is 1.79. The van der Waals surface area contributed by atoms with E-state index in [2.05, 4.69) is 5.10 Å². The van der Waals surface area contributed by atoms with Gasteiger partial charge in [0, 0.05) is 24.8 Å². The van der Waals surface area contributed by atoms with E-state index < -0.39 is 5.79 Å². The first-order valence-electron chi connectivity index (χ1n) is 7.73. The summed E-state index contributed by atoms with van der Waals surface area (Å²) < 4.78 is 13.6. The van der Waals surface area contributed by atoms with E-state index in [1.165, 1.54) is 11.1 Å². The van der Waals surface area contributed by atoms with Gasteiger partial charge in [0.2, 0.25) is 0 Å². The van der Waals surface area contributed by atoms with E-state index in [-0.39, 0.29) is 5.92 Å². The van der Waals surface area contributed by atoms with Crippen LogP contribution in [-0.2, 0) is 9.47 Å². The maximum absolute atomic E-state index is 6.36. The van der Waals surface area contributed by atoms with Gasteiger partial charge in [0.15, 0.2) is 11.4 Å². The zero-order valence-corrected chi connectivity index (χ0v) is 12.8. The number of hydrogen-bond donors (Lipinski definition) is 0. The van der Waals surface area contributed by atoms with E-state index in [0.717, 1.165) is 37.0 Å². The van der Waals surface area contributed by atoms with Crippen LogP contribution >= 0.6 is 11.6 Å². The third-order valence-electron chi connectivity index (χ3n) is 5.08. The number of hydrogen-bond acceptors (Lipinski definition) is 4. The van der Waals surface area contributed by atoms with Gasteiger partial charge in [0.05, 0.1) is 25.1 Å². The molecule has 1 saturated heterocycles. The highest BCUT2D eigenvalue weighted by Crippen LogP contribution is 2.53. The van der Waals surface area contributed by atoms with Crippen molar-refractivity contribution in [3.63, 3.8) is 0 Å². The Labute approximate surface area is 132 Å². The van der Waals surface area contributed by atoms with Crippen LogP contribution in [-0.4, -0.2) is 33.6 Å². The Kier molecular flexibility index (Phi) is 2.69. The molecule has 22 heavy (non-hydrogen) atoms. The number of nitrogens with zero attached hydrogens (tertiary/aromatic N) is 3. The Morgan fingerprint density at radius 1 is 1.27 bits per heavy atom. The summed E-state index contributed by atoms with van der Waals surface area (Å²) in [5.74, 6) is -0.197. The maximum Gasteiger partial charge on any atom is 0.173 e. The van der Waals surface area contributed by atoms with Crippen LogP contribution in [0, 0.1) is 0 Å². The van der Waals surface area contributed by atoms with Crippen LogP contribution in [0.25, 0.3) is 5.65 Å². The van der Waals surface area contributed by atoms with Gasteiger partial charge in [-0.15, -0.1) is 0 Å². The molecule has 2 aliphatic carbocycles. The average molecular weight is 318 g/mol. The fourth-order valence-corrected chi connectivity index (χ4v) is 4.21. The van der Waals surface area contributed by atoms with Crippen molar-refractivity contribution >= 4 is 17.2 Å². The lowest BCUT2D eigenvalue weighted by Crippen LogP contribution is -2.39. The highest BCUT2D eigenvalue weighted by atomic mass is 35.5. The molecule has 0 radical (unpaired) electrons. The SMILES string of the molecule is Clc1cc(C2CC3(CC4=C2CC4)OCCO3)nc2ccnn12. The molecule has 1 unspecified atom stereocenters. The number of halogens is 1. The van der Waals surface area contributed by atoms with Crippen LogP contribution in [0.1, 0.15) is 37.3 Å². The summed E-state index contributed by atoms with van der Waals surface area (Å²) in [5.41, 5.74) is 4.79. The molecule has 2 aromatic heterocycles. The van der Waals surface area contributed by atoms with E-state index in [1.807, 2.05) is 12.1 Å². The molecule has 5 nitrogen and oxygen atoms in total. The molecule has 0 aromatic carbocycles. The second-order valence-electron chi connectivity index (χ2n) is 6.27. The van der Waals surface area contributed by atoms with Crippen molar-refractivity contribution in [2.24, 2.45) is 0 Å². The van der Waals surface area contributed by atoms with Crippen LogP contribution in [0.2, 0.25) is 5.15 Å². The molecule has 2 aromatic rings. The minimum atomic E-state index is -0.440. The molecule has 1 fully saturated rings. The van der Waals surface area contributed by atoms with Crippen molar-refractivity contribution in [1.82, 2.24) is 14.6 Å². The first-order valence-corrected chi connectivity index (χ1v) is 8.11. The topological polar surface area (TPSA) is 48.7 Å². The molecule has 1 atom stereocenters. The maximum atomic E-state index is 6.36. The van der Waals surface area contributed by atoms with E-state index in [9.17, 15) is 0 Å². The molecule has 0 bridgehead atoms. The van der Waals surface area contributed by atoms with Crippen LogP contribution < -0.4 is 0 Å². The van der Waals surface area contributed by atoms with Crippen molar-refractivity contribution in [1.29, 1.82) is 0 Å². The Balaban J connectivity index is 1.61. The number of rotatable bonds is 1. The lowest BCUT2D eigenvalue weighted by Gasteiger charge is -2.43. The van der Waals surface area contributed by atoms with Gasteiger partial charge >= 0.3 is 0 Å². The van der Waals surface area contributed by atoms with E-state index in [1.54, 1.807) is 10.7 Å². The van der Waals surface area contributed by atoms with Gasteiger partial charge < -0.3 is 9.47 Å². The molecule has 1 spiro atoms. The molecular formula is C16H16ClN3O2. The zero-order chi connectivity index (χ0) is 14.7. The molecule has 114 valence electrons. The third-order valence-corrected chi connectivity index (χ3v) is 5.34. The summed E-state index contributed by atoms with van der Waals surface area (Å²) in [4.78, 5) is 4.76. The Morgan fingerprint density at radius 3 is 2.91 bits per heavy atom. The second kappa shape index (κ2) is 4.54. The average Bonchev–Trinajstić information content (AvgIpc) is 3.11. The molecule has 0 amide bonds. The molecule has 5 rings (SSSR count). The highest BCUT2D eigenvalue weighted by molar-refractivity contribution is 6.29. The van der Waals surface area contributed by atoms with Gasteiger partial charge in [-0.05, 0) is 18.9 Å². The fraction of sp³-hybridized carbons (Fsp3) is 0.500. The quantitative estimate of drug-likeness (QED) is 0.599. The van der Waals surface area contributed by atoms with Crippen molar-refractivity contribution in [2.75, 3.05) is 13.2 Å². The summed E-state index contributed by atoms with van der Waals surface area (Å²) in [6.07, 6.45) is 5.78. The number of fused-ring (bicyclic) bond motifs is 1. The normalized spacial score (nSPS) is 26.5. The van der Waals surface area contributed by atoms with Crippen molar-refractivity contribution in [2.45, 2.75) is 37.4 Å². The highest BCUT2D eigenvalue weighted by Gasteiger charge is 2.47. The smallest absolute Gasteiger partial charge is 0.173 e. The fourth-order valence-electron chi connectivity index (χ4n) is 3.97. The standard InChI is InChI=1S/C16H16ClN3O2/c17-14-7-13(19-15-3-4-18-20(14)15)12-9-16(21-5-6-22-16)8-10-1-2-11(10)12/h3-4,7,12H,1-2,5-6,8-9H2. The Bertz CT molecular complexity index is 792. The first kappa shape index (κ1) is 13.0. The lowest BCUT2D eigenvalue weighted by atomic mass is 9.68. The van der Waals surface area contributed by atoms with E-state index in [0.29, 0.717) is 18.4 Å².